The van der Waals surface area contributed by atoms with E-state index in [9.17, 15) is 4.79 Å². The summed E-state index contributed by atoms with van der Waals surface area (Å²) in [6.07, 6.45) is 0. The Morgan fingerprint density at radius 3 is 2.38 bits per heavy atom. The largest absolute Gasteiger partial charge is 0.334 e. The number of hydrogen-bond donors (Lipinski definition) is 0. The van der Waals surface area contributed by atoms with E-state index in [1.165, 1.54) is 5.56 Å². The molecule has 1 aliphatic rings. The van der Waals surface area contributed by atoms with Crippen molar-refractivity contribution in [2.45, 2.75) is 32.9 Å². The van der Waals surface area contributed by atoms with Crippen molar-refractivity contribution in [3.8, 4) is 0 Å². The van der Waals surface area contributed by atoms with Crippen LogP contribution in [0.1, 0.15) is 32.4 Å². The standard InChI is InChI=1S/C17H26N2O2/c1-12(2)15-11-19(17(20)16(15)18(4)21-5)13(3)14-9-7-6-8-10-14/h6-10,12-13,15-16H,11H2,1-5H3. The monoisotopic (exact) mass is 290 g/mol. The molecule has 21 heavy (non-hydrogen) atoms. The predicted octanol–water partition coefficient (Wildman–Crippen LogP) is 2.72. The molecule has 0 N–H and O–H groups in total. The highest BCUT2D eigenvalue weighted by Gasteiger charge is 2.46. The van der Waals surface area contributed by atoms with Gasteiger partial charge in [0.15, 0.2) is 0 Å². The highest BCUT2D eigenvalue weighted by Crippen LogP contribution is 2.34. The van der Waals surface area contributed by atoms with E-state index < -0.39 is 0 Å². The molecule has 3 unspecified atom stereocenters. The van der Waals surface area contributed by atoms with E-state index in [-0.39, 0.29) is 23.9 Å². The molecule has 1 fully saturated rings. The van der Waals surface area contributed by atoms with Gasteiger partial charge in [0.1, 0.15) is 6.04 Å². The quantitative estimate of drug-likeness (QED) is 0.782. The lowest BCUT2D eigenvalue weighted by Gasteiger charge is -2.27. The summed E-state index contributed by atoms with van der Waals surface area (Å²) >= 11 is 0. The molecule has 1 saturated heterocycles. The third-order valence-electron chi connectivity index (χ3n) is 4.63. The smallest absolute Gasteiger partial charge is 0.243 e. The molecule has 0 aliphatic carbocycles. The van der Waals surface area contributed by atoms with Crippen LogP contribution in [0, 0.1) is 11.8 Å². The van der Waals surface area contributed by atoms with Gasteiger partial charge in [-0.1, -0.05) is 44.2 Å². The Morgan fingerprint density at radius 2 is 1.86 bits per heavy atom. The number of benzene rings is 1. The summed E-state index contributed by atoms with van der Waals surface area (Å²) < 4.78 is 0. The number of amides is 1. The first-order chi connectivity index (χ1) is 9.97. The zero-order chi connectivity index (χ0) is 15.6. The van der Waals surface area contributed by atoms with E-state index >= 15 is 0 Å². The van der Waals surface area contributed by atoms with Gasteiger partial charge in [-0.15, -0.1) is 0 Å². The van der Waals surface area contributed by atoms with E-state index in [2.05, 4.69) is 32.9 Å². The lowest BCUT2D eigenvalue weighted by atomic mass is 9.91. The zero-order valence-electron chi connectivity index (χ0n) is 13.6. The maximum absolute atomic E-state index is 12.8. The first-order valence-corrected chi connectivity index (χ1v) is 7.59. The van der Waals surface area contributed by atoms with Crippen LogP contribution in [-0.2, 0) is 9.63 Å². The normalized spacial score (nSPS) is 24.1. The van der Waals surface area contributed by atoms with Gasteiger partial charge in [0.2, 0.25) is 5.91 Å². The molecule has 0 spiro atoms. The highest BCUT2D eigenvalue weighted by atomic mass is 16.7. The van der Waals surface area contributed by atoms with Crippen molar-refractivity contribution in [2.75, 3.05) is 20.7 Å². The fourth-order valence-electron chi connectivity index (χ4n) is 3.14. The molecule has 2 rings (SSSR count). The Kier molecular flexibility index (Phi) is 5.01. The van der Waals surface area contributed by atoms with E-state index in [1.807, 2.05) is 30.1 Å². The lowest BCUT2D eigenvalue weighted by molar-refractivity contribution is -0.167. The maximum atomic E-state index is 12.8. The molecular formula is C17H26N2O2. The summed E-state index contributed by atoms with van der Waals surface area (Å²) in [6.45, 7) is 7.22. The first kappa shape index (κ1) is 16.0. The minimum absolute atomic E-state index is 0.0928. The Balaban J connectivity index is 2.24. The van der Waals surface area contributed by atoms with E-state index in [4.69, 9.17) is 4.84 Å². The maximum Gasteiger partial charge on any atom is 0.243 e. The number of nitrogens with zero attached hydrogens (tertiary/aromatic N) is 2. The van der Waals surface area contributed by atoms with Crippen LogP contribution in [0.2, 0.25) is 0 Å². The van der Waals surface area contributed by atoms with Gasteiger partial charge in [0, 0.05) is 19.5 Å². The van der Waals surface area contributed by atoms with Crippen molar-refractivity contribution < 1.29 is 9.63 Å². The third kappa shape index (κ3) is 3.11. The number of hydroxylamine groups is 2. The number of hydrogen-bond acceptors (Lipinski definition) is 3. The molecule has 1 heterocycles. The lowest BCUT2D eigenvalue weighted by Crippen LogP contribution is -2.43. The summed E-state index contributed by atoms with van der Waals surface area (Å²) in [5.41, 5.74) is 1.18. The van der Waals surface area contributed by atoms with Crippen LogP contribution in [0.5, 0.6) is 0 Å². The van der Waals surface area contributed by atoms with Crippen molar-refractivity contribution in [3.63, 3.8) is 0 Å². The number of rotatable bonds is 5. The van der Waals surface area contributed by atoms with Crippen LogP contribution in [-0.4, -0.2) is 42.6 Å². The van der Waals surface area contributed by atoms with Crippen LogP contribution in [0.3, 0.4) is 0 Å². The van der Waals surface area contributed by atoms with Crippen molar-refractivity contribution in [1.82, 2.24) is 9.96 Å². The van der Waals surface area contributed by atoms with Gasteiger partial charge >= 0.3 is 0 Å². The van der Waals surface area contributed by atoms with Crippen LogP contribution in [0.25, 0.3) is 0 Å². The van der Waals surface area contributed by atoms with Crippen molar-refractivity contribution in [2.24, 2.45) is 11.8 Å². The Morgan fingerprint density at radius 1 is 1.24 bits per heavy atom. The summed E-state index contributed by atoms with van der Waals surface area (Å²) in [5.74, 6) is 0.882. The Labute approximate surface area is 127 Å². The predicted molar refractivity (Wildman–Crippen MR) is 83.5 cm³/mol. The topological polar surface area (TPSA) is 32.8 Å². The molecule has 0 bridgehead atoms. The molecule has 1 aliphatic heterocycles. The summed E-state index contributed by atoms with van der Waals surface area (Å²) in [7, 11) is 3.46. The molecule has 0 aromatic heterocycles. The minimum atomic E-state index is -0.193. The Hall–Kier alpha value is -1.39. The molecule has 3 atom stereocenters. The average molecular weight is 290 g/mol. The van der Waals surface area contributed by atoms with Crippen LogP contribution < -0.4 is 0 Å². The highest BCUT2D eigenvalue weighted by molar-refractivity contribution is 5.85. The second-order valence-electron chi connectivity index (χ2n) is 6.16. The molecule has 1 aromatic rings. The molecule has 4 heteroatoms. The van der Waals surface area contributed by atoms with E-state index in [0.29, 0.717) is 5.92 Å². The molecule has 1 aromatic carbocycles. The number of carbonyl (C=O) groups is 1. The molecule has 1 amide bonds. The van der Waals surface area contributed by atoms with Gasteiger partial charge in [-0.2, -0.15) is 5.06 Å². The number of carbonyl (C=O) groups excluding carboxylic acids is 1. The average Bonchev–Trinajstić information content (AvgIpc) is 2.84. The van der Waals surface area contributed by atoms with Gasteiger partial charge in [0.25, 0.3) is 0 Å². The van der Waals surface area contributed by atoms with Gasteiger partial charge < -0.3 is 9.74 Å². The third-order valence-corrected chi connectivity index (χ3v) is 4.63. The number of likely N-dealkylation sites (N-methyl/N-ethyl adjacent to an activating group) is 1. The van der Waals surface area contributed by atoms with Crippen molar-refractivity contribution >= 4 is 5.91 Å². The zero-order valence-corrected chi connectivity index (χ0v) is 13.6. The molecule has 4 nitrogen and oxygen atoms in total. The molecule has 0 saturated carbocycles. The minimum Gasteiger partial charge on any atom is -0.334 e. The number of likely N-dealkylation sites (tertiary alicyclic amines) is 1. The van der Waals surface area contributed by atoms with Crippen molar-refractivity contribution in [1.29, 1.82) is 0 Å². The van der Waals surface area contributed by atoms with Crippen LogP contribution in [0.4, 0.5) is 0 Å². The summed E-state index contributed by atoms with van der Waals surface area (Å²) in [5, 5.41) is 1.70. The van der Waals surface area contributed by atoms with Gasteiger partial charge in [0.05, 0.1) is 13.2 Å². The Bertz CT molecular complexity index is 475. The molecule has 0 radical (unpaired) electrons. The van der Waals surface area contributed by atoms with Gasteiger partial charge in [-0.05, 0) is 18.4 Å². The van der Waals surface area contributed by atoms with E-state index in [1.54, 1.807) is 12.2 Å². The fourth-order valence-corrected chi connectivity index (χ4v) is 3.14. The van der Waals surface area contributed by atoms with Crippen molar-refractivity contribution in [3.05, 3.63) is 35.9 Å². The summed E-state index contributed by atoms with van der Waals surface area (Å²) in [6, 6.07) is 10.1. The van der Waals surface area contributed by atoms with E-state index in [0.717, 1.165) is 6.54 Å². The second-order valence-corrected chi connectivity index (χ2v) is 6.16. The van der Waals surface area contributed by atoms with Crippen LogP contribution in [0.15, 0.2) is 30.3 Å². The van der Waals surface area contributed by atoms with Gasteiger partial charge in [-0.3, -0.25) is 4.79 Å². The molecule has 116 valence electrons. The fraction of sp³-hybridized carbons (Fsp3) is 0.588. The van der Waals surface area contributed by atoms with Gasteiger partial charge in [-0.25, -0.2) is 0 Å². The second kappa shape index (κ2) is 6.58. The van der Waals surface area contributed by atoms with Crippen LogP contribution >= 0.6 is 0 Å². The summed E-state index contributed by atoms with van der Waals surface area (Å²) in [4.78, 5) is 20.1. The SMILES string of the molecule is CON(C)C1C(=O)N(C(C)c2ccccc2)CC1C(C)C. The first-order valence-electron chi connectivity index (χ1n) is 7.59. The molecular weight excluding hydrogens is 264 g/mol.